The van der Waals surface area contributed by atoms with Crippen molar-refractivity contribution in [2.75, 3.05) is 0 Å². The third-order valence-corrected chi connectivity index (χ3v) is 3.18. The Morgan fingerprint density at radius 2 is 2.18 bits per heavy atom. The highest BCUT2D eigenvalue weighted by atomic mass is 35.5. The first kappa shape index (κ1) is 12.6. The molecule has 0 saturated heterocycles. The van der Waals surface area contributed by atoms with Crippen LogP contribution in [0.3, 0.4) is 0 Å². The quantitative estimate of drug-likeness (QED) is 0.875. The fraction of sp³-hybridized carbons (Fsp3) is 0.500. The number of hydrogen-bond acceptors (Lipinski definition) is 2. The van der Waals surface area contributed by atoms with Crippen LogP contribution in [-0.2, 0) is 6.54 Å². The molecule has 0 spiro atoms. The molecule has 0 bridgehead atoms. The first-order valence-corrected chi connectivity index (χ1v) is 5.85. The smallest absolute Gasteiger partial charge is 0.387 e. The van der Waals surface area contributed by atoms with Gasteiger partial charge in [0, 0.05) is 22.7 Å². The summed E-state index contributed by atoms with van der Waals surface area (Å²) < 4.78 is 28.9. The van der Waals surface area contributed by atoms with E-state index in [1.807, 2.05) is 0 Å². The van der Waals surface area contributed by atoms with Crippen molar-refractivity contribution in [1.29, 1.82) is 0 Å². The lowest BCUT2D eigenvalue weighted by Crippen LogP contribution is -2.27. The van der Waals surface area contributed by atoms with E-state index in [-0.39, 0.29) is 11.3 Å². The average Bonchev–Trinajstić information content (AvgIpc) is 2.97. The zero-order chi connectivity index (χ0) is 12.5. The van der Waals surface area contributed by atoms with E-state index in [9.17, 15) is 8.78 Å². The summed E-state index contributed by atoms with van der Waals surface area (Å²) in [6, 6.07) is 4.67. The van der Waals surface area contributed by atoms with E-state index in [1.165, 1.54) is 6.07 Å². The Bertz CT molecular complexity index is 407. The van der Waals surface area contributed by atoms with E-state index in [1.54, 1.807) is 12.1 Å². The minimum Gasteiger partial charge on any atom is -0.434 e. The Hall–Kier alpha value is -0.870. The zero-order valence-electron chi connectivity index (χ0n) is 9.47. The molecule has 0 radical (unpaired) electrons. The van der Waals surface area contributed by atoms with E-state index >= 15 is 0 Å². The average molecular weight is 262 g/mol. The molecule has 0 atom stereocenters. The van der Waals surface area contributed by atoms with Gasteiger partial charge in [0.1, 0.15) is 5.75 Å². The normalized spacial score (nSPS) is 17.2. The Morgan fingerprint density at radius 1 is 1.47 bits per heavy atom. The molecule has 0 aliphatic heterocycles. The maximum Gasteiger partial charge on any atom is 0.387 e. The second-order valence-corrected chi connectivity index (χ2v) is 4.98. The van der Waals surface area contributed by atoms with Crippen LogP contribution in [0.2, 0.25) is 5.02 Å². The van der Waals surface area contributed by atoms with Gasteiger partial charge in [-0.3, -0.25) is 0 Å². The number of rotatable bonds is 5. The van der Waals surface area contributed by atoms with Crippen molar-refractivity contribution >= 4 is 11.6 Å². The lowest BCUT2D eigenvalue weighted by molar-refractivity contribution is -0.0505. The van der Waals surface area contributed by atoms with Gasteiger partial charge in [-0.05, 0) is 38.0 Å². The van der Waals surface area contributed by atoms with E-state index in [0.717, 1.165) is 12.8 Å². The van der Waals surface area contributed by atoms with E-state index < -0.39 is 6.61 Å². The molecular weight excluding hydrogens is 248 g/mol. The third-order valence-electron chi connectivity index (χ3n) is 2.94. The second kappa shape index (κ2) is 4.78. The first-order valence-electron chi connectivity index (χ1n) is 5.47. The third kappa shape index (κ3) is 3.54. The molecule has 1 N–H and O–H groups in total. The largest absolute Gasteiger partial charge is 0.434 e. The first-order chi connectivity index (χ1) is 7.98. The molecule has 0 unspecified atom stereocenters. The molecule has 1 aromatic rings. The van der Waals surface area contributed by atoms with Crippen molar-refractivity contribution < 1.29 is 13.5 Å². The number of hydrogen-bond donors (Lipinski definition) is 1. The Morgan fingerprint density at radius 3 is 2.76 bits per heavy atom. The molecule has 17 heavy (non-hydrogen) atoms. The molecule has 1 fully saturated rings. The number of benzene rings is 1. The topological polar surface area (TPSA) is 21.3 Å². The summed E-state index contributed by atoms with van der Waals surface area (Å²) in [6.07, 6.45) is 2.22. The molecule has 1 aromatic carbocycles. The predicted octanol–water partition coefficient (Wildman–Crippen LogP) is 3.58. The molecule has 1 aliphatic carbocycles. The van der Waals surface area contributed by atoms with Crippen LogP contribution in [0.15, 0.2) is 18.2 Å². The summed E-state index contributed by atoms with van der Waals surface area (Å²) in [5.74, 6) is 0.182. The molecule has 1 saturated carbocycles. The van der Waals surface area contributed by atoms with Gasteiger partial charge in [0.25, 0.3) is 0 Å². The van der Waals surface area contributed by atoms with Gasteiger partial charge in [-0.2, -0.15) is 8.78 Å². The van der Waals surface area contributed by atoms with Gasteiger partial charge in [-0.15, -0.1) is 0 Å². The minimum atomic E-state index is -2.81. The lowest BCUT2D eigenvalue weighted by atomic mass is 10.2. The van der Waals surface area contributed by atoms with Gasteiger partial charge in [0.05, 0.1) is 0 Å². The lowest BCUT2D eigenvalue weighted by Gasteiger charge is -2.15. The standard InChI is InChI=1S/C12H14ClF2NO/c1-12(4-5-12)16-7-8-6-9(13)2-3-10(8)17-11(14)15/h2-3,6,11,16H,4-5,7H2,1H3. The number of alkyl halides is 2. The monoisotopic (exact) mass is 261 g/mol. The molecule has 2 nitrogen and oxygen atoms in total. The van der Waals surface area contributed by atoms with Gasteiger partial charge >= 0.3 is 6.61 Å². The highest BCUT2D eigenvalue weighted by Crippen LogP contribution is 2.35. The van der Waals surface area contributed by atoms with Gasteiger partial charge in [0.15, 0.2) is 0 Å². The highest BCUT2D eigenvalue weighted by molar-refractivity contribution is 6.30. The summed E-state index contributed by atoms with van der Waals surface area (Å²) in [4.78, 5) is 0. The van der Waals surface area contributed by atoms with Gasteiger partial charge < -0.3 is 10.1 Å². The second-order valence-electron chi connectivity index (χ2n) is 4.54. The Labute approximate surface area is 104 Å². The molecular formula is C12H14ClF2NO. The van der Waals surface area contributed by atoms with Crippen LogP contribution in [0.25, 0.3) is 0 Å². The maximum absolute atomic E-state index is 12.2. The van der Waals surface area contributed by atoms with Crippen molar-refractivity contribution in [2.45, 2.75) is 38.5 Å². The van der Waals surface area contributed by atoms with E-state index in [4.69, 9.17) is 11.6 Å². The maximum atomic E-state index is 12.2. The van der Waals surface area contributed by atoms with Crippen molar-refractivity contribution in [1.82, 2.24) is 5.32 Å². The highest BCUT2D eigenvalue weighted by Gasteiger charge is 2.36. The summed E-state index contributed by atoms with van der Waals surface area (Å²) in [5, 5.41) is 3.82. The van der Waals surface area contributed by atoms with Gasteiger partial charge in [-0.1, -0.05) is 11.6 Å². The van der Waals surface area contributed by atoms with E-state index in [0.29, 0.717) is 17.1 Å². The fourth-order valence-corrected chi connectivity index (χ4v) is 1.76. The summed E-state index contributed by atoms with van der Waals surface area (Å²) in [7, 11) is 0. The zero-order valence-corrected chi connectivity index (χ0v) is 10.2. The Balaban J connectivity index is 2.08. The van der Waals surface area contributed by atoms with Gasteiger partial charge in [0.2, 0.25) is 0 Å². The minimum absolute atomic E-state index is 0.143. The van der Waals surface area contributed by atoms with Crippen LogP contribution >= 0.6 is 11.6 Å². The van der Waals surface area contributed by atoms with E-state index in [2.05, 4.69) is 17.0 Å². The van der Waals surface area contributed by atoms with Crippen LogP contribution in [0.1, 0.15) is 25.3 Å². The molecule has 2 rings (SSSR count). The van der Waals surface area contributed by atoms with Crippen LogP contribution in [0, 0.1) is 0 Å². The SMILES string of the molecule is CC1(NCc2cc(Cl)ccc2OC(F)F)CC1. The number of halogens is 3. The molecule has 0 aromatic heterocycles. The van der Waals surface area contributed by atoms with Crippen molar-refractivity contribution in [2.24, 2.45) is 0 Å². The number of nitrogens with one attached hydrogen (secondary N) is 1. The van der Waals surface area contributed by atoms with Crippen LogP contribution < -0.4 is 10.1 Å². The van der Waals surface area contributed by atoms with Crippen LogP contribution in [-0.4, -0.2) is 12.2 Å². The Kier molecular flexibility index (Phi) is 3.54. The van der Waals surface area contributed by atoms with Crippen LogP contribution in [0.5, 0.6) is 5.75 Å². The van der Waals surface area contributed by atoms with Crippen molar-refractivity contribution in [3.05, 3.63) is 28.8 Å². The van der Waals surface area contributed by atoms with Crippen LogP contribution in [0.4, 0.5) is 8.78 Å². The molecule has 0 heterocycles. The molecule has 5 heteroatoms. The van der Waals surface area contributed by atoms with Crippen molar-refractivity contribution in [3.8, 4) is 5.75 Å². The fourth-order valence-electron chi connectivity index (χ4n) is 1.57. The number of ether oxygens (including phenoxy) is 1. The molecule has 1 aliphatic rings. The summed E-state index contributed by atoms with van der Waals surface area (Å²) in [5.41, 5.74) is 0.802. The van der Waals surface area contributed by atoms with Gasteiger partial charge in [-0.25, -0.2) is 0 Å². The van der Waals surface area contributed by atoms with Crippen molar-refractivity contribution in [3.63, 3.8) is 0 Å². The summed E-state index contributed by atoms with van der Waals surface area (Å²) in [6.45, 7) is -0.226. The molecule has 94 valence electrons. The predicted molar refractivity (Wildman–Crippen MR) is 62.6 cm³/mol. The summed E-state index contributed by atoms with van der Waals surface area (Å²) >= 11 is 5.85. The molecule has 0 amide bonds.